The number of unbranched alkanes of at least 4 members (excludes halogenated alkanes) is 5. The third-order valence-electron chi connectivity index (χ3n) is 4.18. The van der Waals surface area contributed by atoms with Crippen molar-refractivity contribution in [2.24, 2.45) is 0 Å². The number of carbonyl (C=O) groups is 1. The molecule has 0 heterocycles. The molecule has 0 amide bonds. The lowest BCUT2D eigenvalue weighted by Gasteiger charge is -2.08. The third-order valence-corrected chi connectivity index (χ3v) is 4.18. The summed E-state index contributed by atoms with van der Waals surface area (Å²) < 4.78 is 16.1. The lowest BCUT2D eigenvalue weighted by Crippen LogP contribution is -2.13. The van der Waals surface area contributed by atoms with Gasteiger partial charge in [0.1, 0.15) is 19.0 Å². The van der Waals surface area contributed by atoms with Gasteiger partial charge in [0.05, 0.1) is 13.2 Å². The van der Waals surface area contributed by atoms with Gasteiger partial charge < -0.3 is 14.2 Å². The van der Waals surface area contributed by atoms with Crippen LogP contribution < -0.4 is 4.74 Å². The first kappa shape index (κ1) is 22.5. The predicted molar refractivity (Wildman–Crippen MR) is 106 cm³/mol. The smallest absolute Gasteiger partial charge is 0.305 e. The minimum Gasteiger partial charge on any atom is -0.491 e. The zero-order chi connectivity index (χ0) is 18.9. The first-order chi connectivity index (χ1) is 12.8. The lowest BCUT2D eigenvalue weighted by atomic mass is 10.0. The van der Waals surface area contributed by atoms with Crippen LogP contribution >= 0.6 is 0 Å². The lowest BCUT2D eigenvalue weighted by molar-refractivity contribution is -0.145. The minimum atomic E-state index is -0.159. The fourth-order valence-electron chi connectivity index (χ4n) is 2.67. The largest absolute Gasteiger partial charge is 0.491 e. The molecule has 1 rings (SSSR count). The van der Waals surface area contributed by atoms with Crippen molar-refractivity contribution in [1.82, 2.24) is 0 Å². The summed E-state index contributed by atoms with van der Waals surface area (Å²) in [5.74, 6) is 0.711. The second-order valence-electron chi connectivity index (χ2n) is 6.59. The van der Waals surface area contributed by atoms with Crippen LogP contribution in [0, 0.1) is 0 Å². The Kier molecular flexibility index (Phi) is 13.6. The number of aryl methyl sites for hydroxylation is 1. The third kappa shape index (κ3) is 11.9. The Morgan fingerprint density at radius 2 is 1.50 bits per heavy atom. The molecule has 4 nitrogen and oxygen atoms in total. The van der Waals surface area contributed by atoms with Crippen molar-refractivity contribution < 1.29 is 19.0 Å². The van der Waals surface area contributed by atoms with E-state index in [-0.39, 0.29) is 5.97 Å². The highest BCUT2D eigenvalue weighted by Crippen LogP contribution is 2.15. The molecule has 148 valence electrons. The second kappa shape index (κ2) is 15.7. The number of benzene rings is 1. The van der Waals surface area contributed by atoms with Gasteiger partial charge in [-0.05, 0) is 37.0 Å². The maximum Gasteiger partial charge on any atom is 0.305 e. The van der Waals surface area contributed by atoms with Crippen molar-refractivity contribution in [3.05, 3.63) is 29.8 Å². The number of esters is 1. The van der Waals surface area contributed by atoms with E-state index in [0.29, 0.717) is 32.8 Å². The minimum absolute atomic E-state index is 0.159. The molecule has 0 aliphatic carbocycles. The monoisotopic (exact) mass is 364 g/mol. The first-order valence-electron chi connectivity index (χ1n) is 10.2. The number of ether oxygens (including phenoxy) is 3. The molecule has 1 aromatic rings. The summed E-state index contributed by atoms with van der Waals surface area (Å²) in [6.07, 6.45) is 10.4. The van der Waals surface area contributed by atoms with Gasteiger partial charge in [-0.2, -0.15) is 0 Å². The molecule has 0 aromatic heterocycles. The Bertz CT molecular complexity index is 456. The highest BCUT2D eigenvalue weighted by molar-refractivity contribution is 5.69. The normalized spacial score (nSPS) is 10.7. The fraction of sp³-hybridized carbons (Fsp3) is 0.682. The molecule has 0 saturated carbocycles. The maximum atomic E-state index is 11.2. The number of carbonyl (C=O) groups excluding carboxylic acids is 1. The van der Waals surface area contributed by atoms with Crippen LogP contribution in [0.2, 0.25) is 0 Å². The maximum absolute atomic E-state index is 11.2. The van der Waals surface area contributed by atoms with E-state index in [1.165, 1.54) is 44.1 Å². The molecule has 0 unspecified atom stereocenters. The summed E-state index contributed by atoms with van der Waals surface area (Å²) in [5, 5.41) is 0. The number of hydrogen-bond donors (Lipinski definition) is 0. The summed E-state index contributed by atoms with van der Waals surface area (Å²) in [6.45, 7) is 5.92. The SMILES string of the molecule is CCCCCCCCc1ccc(OCCOCCOC(=O)CCC)cc1. The molecular weight excluding hydrogens is 328 g/mol. The molecule has 0 fully saturated rings. The topological polar surface area (TPSA) is 44.8 Å². The van der Waals surface area contributed by atoms with Gasteiger partial charge in [-0.1, -0.05) is 58.1 Å². The van der Waals surface area contributed by atoms with Gasteiger partial charge in [0, 0.05) is 6.42 Å². The predicted octanol–water partition coefficient (Wildman–Crippen LogP) is 5.33. The fourth-order valence-corrected chi connectivity index (χ4v) is 2.67. The Morgan fingerprint density at radius 1 is 0.808 bits per heavy atom. The van der Waals surface area contributed by atoms with E-state index in [1.54, 1.807) is 0 Å². The highest BCUT2D eigenvalue weighted by atomic mass is 16.6. The van der Waals surface area contributed by atoms with E-state index in [1.807, 2.05) is 19.1 Å². The Hall–Kier alpha value is -1.55. The summed E-state index contributed by atoms with van der Waals surface area (Å²) in [4.78, 5) is 11.2. The van der Waals surface area contributed by atoms with Gasteiger partial charge in [0.2, 0.25) is 0 Å². The first-order valence-corrected chi connectivity index (χ1v) is 10.2. The van der Waals surface area contributed by atoms with Crippen molar-refractivity contribution >= 4 is 5.97 Å². The van der Waals surface area contributed by atoms with Crippen molar-refractivity contribution in [1.29, 1.82) is 0 Å². The molecule has 0 spiro atoms. The van der Waals surface area contributed by atoms with Crippen LogP contribution in [0.15, 0.2) is 24.3 Å². The molecule has 0 aliphatic heterocycles. The van der Waals surface area contributed by atoms with E-state index < -0.39 is 0 Å². The zero-order valence-corrected chi connectivity index (χ0v) is 16.6. The average Bonchev–Trinajstić information content (AvgIpc) is 2.65. The molecule has 0 N–H and O–H groups in total. The van der Waals surface area contributed by atoms with E-state index >= 15 is 0 Å². The van der Waals surface area contributed by atoms with E-state index in [2.05, 4.69) is 19.1 Å². The Balaban J connectivity index is 2.02. The van der Waals surface area contributed by atoms with Gasteiger partial charge in [0.15, 0.2) is 0 Å². The van der Waals surface area contributed by atoms with Crippen LogP contribution in [0.4, 0.5) is 0 Å². The van der Waals surface area contributed by atoms with Crippen LogP contribution in [0.3, 0.4) is 0 Å². The standard InChI is InChI=1S/C22H36O4/c1-3-5-6-7-8-9-11-20-12-14-21(15-13-20)25-18-16-24-17-19-26-22(23)10-4-2/h12-15H,3-11,16-19H2,1-2H3. The van der Waals surface area contributed by atoms with Gasteiger partial charge in [0.25, 0.3) is 0 Å². The van der Waals surface area contributed by atoms with E-state index in [0.717, 1.165) is 18.6 Å². The van der Waals surface area contributed by atoms with Gasteiger partial charge in [-0.25, -0.2) is 0 Å². The molecule has 4 heteroatoms. The van der Waals surface area contributed by atoms with E-state index in [9.17, 15) is 4.79 Å². The van der Waals surface area contributed by atoms with Crippen LogP contribution in [0.1, 0.15) is 70.8 Å². The van der Waals surface area contributed by atoms with Crippen molar-refractivity contribution in [2.75, 3.05) is 26.4 Å². The molecule has 1 aromatic carbocycles. The van der Waals surface area contributed by atoms with Crippen LogP contribution in [-0.2, 0) is 20.7 Å². The summed E-state index contributed by atoms with van der Waals surface area (Å²) in [6, 6.07) is 8.35. The summed E-state index contributed by atoms with van der Waals surface area (Å²) in [5.41, 5.74) is 1.37. The molecule has 0 aliphatic rings. The Labute approximate surface area is 159 Å². The van der Waals surface area contributed by atoms with Crippen LogP contribution in [-0.4, -0.2) is 32.4 Å². The summed E-state index contributed by atoms with van der Waals surface area (Å²) >= 11 is 0. The van der Waals surface area contributed by atoms with Crippen LogP contribution in [0.5, 0.6) is 5.75 Å². The Morgan fingerprint density at radius 3 is 2.23 bits per heavy atom. The molecule has 0 atom stereocenters. The quantitative estimate of drug-likeness (QED) is 0.294. The molecule has 26 heavy (non-hydrogen) atoms. The van der Waals surface area contributed by atoms with Gasteiger partial charge >= 0.3 is 5.97 Å². The highest BCUT2D eigenvalue weighted by Gasteiger charge is 2.00. The van der Waals surface area contributed by atoms with Gasteiger partial charge in [-0.3, -0.25) is 4.79 Å². The number of rotatable bonds is 16. The van der Waals surface area contributed by atoms with Crippen molar-refractivity contribution in [3.63, 3.8) is 0 Å². The van der Waals surface area contributed by atoms with Crippen molar-refractivity contribution in [2.45, 2.75) is 71.6 Å². The second-order valence-corrected chi connectivity index (χ2v) is 6.59. The molecule has 0 saturated heterocycles. The number of hydrogen-bond acceptors (Lipinski definition) is 4. The van der Waals surface area contributed by atoms with E-state index in [4.69, 9.17) is 14.2 Å². The molecular formula is C22H36O4. The molecule has 0 radical (unpaired) electrons. The average molecular weight is 365 g/mol. The summed E-state index contributed by atoms with van der Waals surface area (Å²) in [7, 11) is 0. The van der Waals surface area contributed by atoms with Gasteiger partial charge in [-0.15, -0.1) is 0 Å². The zero-order valence-electron chi connectivity index (χ0n) is 16.6. The van der Waals surface area contributed by atoms with Crippen LogP contribution in [0.25, 0.3) is 0 Å². The molecule has 0 bridgehead atoms. The van der Waals surface area contributed by atoms with Crippen molar-refractivity contribution in [3.8, 4) is 5.75 Å².